The molecule has 1 fully saturated rings. The smallest absolute Gasteiger partial charge is 0.374 e. The molecule has 1 aromatic carbocycles. The van der Waals surface area contributed by atoms with Gasteiger partial charge in [-0.15, -0.1) is 0 Å². The first-order valence-corrected chi connectivity index (χ1v) is 6.56. The number of likely N-dealkylation sites (N-methyl/N-ethyl adjacent to an activating group) is 2. The van der Waals surface area contributed by atoms with Crippen molar-refractivity contribution in [3.63, 3.8) is 0 Å². The van der Waals surface area contributed by atoms with Crippen LogP contribution in [0.1, 0.15) is 17.2 Å². The molecule has 0 aliphatic carbocycles. The lowest BCUT2D eigenvalue weighted by molar-refractivity contribution is -0.137. The van der Waals surface area contributed by atoms with Crippen molar-refractivity contribution in [3.8, 4) is 0 Å². The predicted molar refractivity (Wildman–Crippen MR) is 70.5 cm³/mol. The highest BCUT2D eigenvalue weighted by Gasteiger charge is 2.31. The van der Waals surface area contributed by atoms with E-state index >= 15 is 0 Å². The Morgan fingerprint density at radius 1 is 1.30 bits per heavy atom. The van der Waals surface area contributed by atoms with Crippen LogP contribution in [0.15, 0.2) is 24.3 Å². The van der Waals surface area contributed by atoms with Gasteiger partial charge in [-0.05, 0) is 31.8 Å². The molecule has 1 N–H and O–H groups in total. The molecule has 112 valence electrons. The van der Waals surface area contributed by atoms with Gasteiger partial charge in [-0.3, -0.25) is 0 Å². The molecule has 3 nitrogen and oxygen atoms in total. The number of hydrogen-bond donors (Lipinski definition) is 1. The summed E-state index contributed by atoms with van der Waals surface area (Å²) >= 11 is 0. The van der Waals surface area contributed by atoms with Crippen molar-refractivity contribution >= 4 is 0 Å². The standard InChI is InChI=1S/C14H19F3N2O/c1-18-13(12-9-19(2)7-8-20-12)10-3-5-11(6-4-10)14(15,16)17/h3-6,12-13,18H,7-9H2,1-2H3. The summed E-state index contributed by atoms with van der Waals surface area (Å²) in [5.41, 5.74) is 0.179. The topological polar surface area (TPSA) is 24.5 Å². The van der Waals surface area contributed by atoms with E-state index in [0.29, 0.717) is 6.61 Å². The molecule has 1 aliphatic rings. The van der Waals surface area contributed by atoms with Crippen molar-refractivity contribution in [2.75, 3.05) is 33.8 Å². The zero-order valence-electron chi connectivity index (χ0n) is 11.6. The molecule has 2 rings (SSSR count). The molecule has 2 unspecified atom stereocenters. The largest absolute Gasteiger partial charge is 0.416 e. The molecule has 6 heteroatoms. The maximum Gasteiger partial charge on any atom is 0.416 e. The predicted octanol–water partition coefficient (Wildman–Crippen LogP) is 2.30. The van der Waals surface area contributed by atoms with Crippen LogP contribution in [0.3, 0.4) is 0 Å². The monoisotopic (exact) mass is 288 g/mol. The molecule has 0 aromatic heterocycles. The highest BCUT2D eigenvalue weighted by Crippen LogP contribution is 2.30. The second kappa shape index (κ2) is 6.11. The first-order chi connectivity index (χ1) is 9.41. The molecule has 1 aromatic rings. The number of benzene rings is 1. The molecule has 1 heterocycles. The third kappa shape index (κ3) is 3.50. The fourth-order valence-electron chi connectivity index (χ4n) is 2.46. The zero-order valence-corrected chi connectivity index (χ0v) is 11.6. The van der Waals surface area contributed by atoms with Crippen molar-refractivity contribution in [1.29, 1.82) is 0 Å². The van der Waals surface area contributed by atoms with Crippen LogP contribution in [0.5, 0.6) is 0 Å². The lowest BCUT2D eigenvalue weighted by atomic mass is 9.99. The molecule has 0 amide bonds. The van der Waals surface area contributed by atoms with Crippen LogP contribution in [0.4, 0.5) is 13.2 Å². The van der Waals surface area contributed by atoms with Crippen LogP contribution in [-0.2, 0) is 10.9 Å². The van der Waals surface area contributed by atoms with Crippen LogP contribution in [-0.4, -0.2) is 44.8 Å². The van der Waals surface area contributed by atoms with Gasteiger partial charge in [0.15, 0.2) is 0 Å². The molecule has 20 heavy (non-hydrogen) atoms. The molecular formula is C14H19F3N2O. The highest BCUT2D eigenvalue weighted by atomic mass is 19.4. The Morgan fingerprint density at radius 2 is 1.95 bits per heavy atom. The minimum atomic E-state index is -4.30. The van der Waals surface area contributed by atoms with E-state index < -0.39 is 11.7 Å². The molecule has 2 atom stereocenters. The number of nitrogens with one attached hydrogen (secondary N) is 1. The minimum Gasteiger partial charge on any atom is -0.374 e. The normalized spacial score (nSPS) is 22.8. The van der Waals surface area contributed by atoms with Crippen molar-refractivity contribution in [1.82, 2.24) is 10.2 Å². The summed E-state index contributed by atoms with van der Waals surface area (Å²) in [6.07, 6.45) is -4.36. The van der Waals surface area contributed by atoms with Crippen molar-refractivity contribution in [2.24, 2.45) is 0 Å². The molecule has 0 bridgehead atoms. The van der Waals surface area contributed by atoms with Gasteiger partial charge in [0.2, 0.25) is 0 Å². The molecule has 1 saturated heterocycles. The number of hydrogen-bond acceptors (Lipinski definition) is 3. The third-order valence-corrected chi connectivity index (χ3v) is 3.58. The van der Waals surface area contributed by atoms with Crippen LogP contribution < -0.4 is 5.32 Å². The maximum absolute atomic E-state index is 12.6. The van der Waals surface area contributed by atoms with E-state index in [0.717, 1.165) is 30.8 Å². The van der Waals surface area contributed by atoms with Crippen molar-refractivity contribution in [3.05, 3.63) is 35.4 Å². The first-order valence-electron chi connectivity index (χ1n) is 6.56. The number of morpholine rings is 1. The summed E-state index contributed by atoms with van der Waals surface area (Å²) < 4.78 is 43.4. The van der Waals surface area contributed by atoms with E-state index in [9.17, 15) is 13.2 Å². The Bertz CT molecular complexity index is 433. The van der Waals surface area contributed by atoms with Gasteiger partial charge in [0.05, 0.1) is 24.3 Å². The van der Waals surface area contributed by atoms with E-state index in [1.807, 2.05) is 7.05 Å². The summed E-state index contributed by atoms with van der Waals surface area (Å²) in [4.78, 5) is 2.16. The van der Waals surface area contributed by atoms with E-state index in [2.05, 4.69) is 10.2 Å². The summed E-state index contributed by atoms with van der Waals surface area (Å²) in [6, 6.07) is 5.16. The summed E-state index contributed by atoms with van der Waals surface area (Å²) in [6.45, 7) is 2.27. The van der Waals surface area contributed by atoms with Crippen LogP contribution in [0.2, 0.25) is 0 Å². The Labute approximate surface area is 116 Å². The fourth-order valence-corrected chi connectivity index (χ4v) is 2.46. The SMILES string of the molecule is CNC(c1ccc(C(F)(F)F)cc1)C1CN(C)CCO1. The highest BCUT2D eigenvalue weighted by molar-refractivity contribution is 5.27. The van der Waals surface area contributed by atoms with Crippen LogP contribution >= 0.6 is 0 Å². The van der Waals surface area contributed by atoms with Crippen molar-refractivity contribution < 1.29 is 17.9 Å². The quantitative estimate of drug-likeness (QED) is 0.923. The number of ether oxygens (including phenoxy) is 1. The molecule has 0 saturated carbocycles. The fraction of sp³-hybridized carbons (Fsp3) is 0.571. The second-order valence-corrected chi connectivity index (χ2v) is 5.06. The summed E-state index contributed by atoms with van der Waals surface area (Å²) in [7, 11) is 3.80. The first kappa shape index (κ1) is 15.3. The lowest BCUT2D eigenvalue weighted by Crippen LogP contribution is -2.46. The van der Waals surface area contributed by atoms with Gasteiger partial charge in [-0.2, -0.15) is 13.2 Å². The second-order valence-electron chi connectivity index (χ2n) is 5.06. The Morgan fingerprint density at radius 3 is 2.45 bits per heavy atom. The Balaban J connectivity index is 2.15. The number of nitrogens with zero attached hydrogens (tertiary/aromatic N) is 1. The van der Waals surface area contributed by atoms with Gasteiger partial charge >= 0.3 is 6.18 Å². The average molecular weight is 288 g/mol. The molecular weight excluding hydrogens is 269 g/mol. The molecule has 1 aliphatic heterocycles. The average Bonchev–Trinajstić information content (AvgIpc) is 2.39. The van der Waals surface area contributed by atoms with E-state index in [-0.39, 0.29) is 12.1 Å². The van der Waals surface area contributed by atoms with Crippen molar-refractivity contribution in [2.45, 2.75) is 18.3 Å². The van der Waals surface area contributed by atoms with Crippen LogP contribution in [0, 0.1) is 0 Å². The Kier molecular flexibility index (Phi) is 4.67. The summed E-state index contributed by atoms with van der Waals surface area (Å²) in [5.74, 6) is 0. The maximum atomic E-state index is 12.6. The zero-order chi connectivity index (χ0) is 14.8. The molecule has 0 spiro atoms. The van der Waals surface area contributed by atoms with Gasteiger partial charge in [0.25, 0.3) is 0 Å². The number of halogens is 3. The van der Waals surface area contributed by atoms with E-state index in [4.69, 9.17) is 4.74 Å². The number of rotatable bonds is 3. The third-order valence-electron chi connectivity index (χ3n) is 3.58. The van der Waals surface area contributed by atoms with Gasteiger partial charge in [-0.25, -0.2) is 0 Å². The van der Waals surface area contributed by atoms with Crippen LogP contribution in [0.25, 0.3) is 0 Å². The molecule has 0 radical (unpaired) electrons. The van der Waals surface area contributed by atoms with E-state index in [1.54, 1.807) is 7.05 Å². The van der Waals surface area contributed by atoms with Gasteiger partial charge < -0.3 is 15.0 Å². The number of alkyl halides is 3. The van der Waals surface area contributed by atoms with Gasteiger partial charge in [0, 0.05) is 13.1 Å². The lowest BCUT2D eigenvalue weighted by Gasteiger charge is -2.35. The minimum absolute atomic E-state index is 0.0597. The Hall–Kier alpha value is -1.11. The summed E-state index contributed by atoms with van der Waals surface area (Å²) in [5, 5.41) is 3.13. The van der Waals surface area contributed by atoms with Gasteiger partial charge in [0.1, 0.15) is 0 Å². The van der Waals surface area contributed by atoms with Gasteiger partial charge in [-0.1, -0.05) is 12.1 Å². The van der Waals surface area contributed by atoms with E-state index in [1.165, 1.54) is 12.1 Å².